The van der Waals surface area contributed by atoms with Gasteiger partial charge in [-0.1, -0.05) is 0 Å². The molecule has 0 aliphatic heterocycles. The van der Waals surface area contributed by atoms with Crippen molar-refractivity contribution in [2.75, 3.05) is 13.2 Å². The molecule has 0 heterocycles. The van der Waals surface area contributed by atoms with Crippen molar-refractivity contribution < 1.29 is 23.9 Å². The zero-order chi connectivity index (χ0) is 11.7. The third-order valence-electron chi connectivity index (χ3n) is 1.39. The lowest BCUT2D eigenvalue weighted by atomic mass is 10.2. The van der Waals surface area contributed by atoms with E-state index in [0.717, 1.165) is 0 Å². The summed E-state index contributed by atoms with van der Waals surface area (Å²) in [5, 5.41) is 0. The maximum atomic E-state index is 11.0. The number of aliphatic imine (C=N–C) groups is 1. The first-order chi connectivity index (χ1) is 7.10. The number of ether oxygens (including phenoxy) is 2. The van der Waals surface area contributed by atoms with Gasteiger partial charge in [0, 0.05) is 6.92 Å². The molecule has 1 atom stereocenters. The Morgan fingerprint density at radius 1 is 1.47 bits per heavy atom. The summed E-state index contributed by atoms with van der Waals surface area (Å²) in [6, 6.07) is 0. The minimum atomic E-state index is -0.761. The first-order valence-corrected chi connectivity index (χ1v) is 4.46. The van der Waals surface area contributed by atoms with E-state index >= 15 is 0 Å². The molecule has 0 rings (SSSR count). The highest BCUT2D eigenvalue weighted by molar-refractivity contribution is 5.71. The molecule has 0 spiro atoms. The second-order valence-corrected chi connectivity index (χ2v) is 2.67. The van der Waals surface area contributed by atoms with Crippen LogP contribution in [-0.4, -0.2) is 37.3 Å². The van der Waals surface area contributed by atoms with Gasteiger partial charge >= 0.3 is 11.9 Å². The lowest BCUT2D eigenvalue weighted by Crippen LogP contribution is -2.24. The Bertz CT molecular complexity index is 266. The van der Waals surface area contributed by atoms with E-state index in [1.165, 1.54) is 13.0 Å². The van der Waals surface area contributed by atoms with Crippen molar-refractivity contribution in [2.45, 2.75) is 26.4 Å². The van der Waals surface area contributed by atoms with Crippen LogP contribution in [0.25, 0.3) is 0 Å². The maximum absolute atomic E-state index is 11.0. The fourth-order valence-electron chi connectivity index (χ4n) is 0.923. The lowest BCUT2D eigenvalue weighted by Gasteiger charge is -2.12. The second kappa shape index (κ2) is 7.70. The Hall–Kier alpha value is -1.68. The van der Waals surface area contributed by atoms with Crippen LogP contribution in [0.5, 0.6) is 0 Å². The predicted octanol–water partition coefficient (Wildman–Crippen LogP) is 0.207. The first-order valence-electron chi connectivity index (χ1n) is 4.46. The number of nitrogens with zero attached hydrogens (tertiary/aromatic N) is 1. The Kier molecular flexibility index (Phi) is 6.84. The SMILES string of the molecule is CCOC(=O)C[C@H](CN=C=O)OC(C)=O. The van der Waals surface area contributed by atoms with Gasteiger partial charge in [0.15, 0.2) is 0 Å². The highest BCUT2D eigenvalue weighted by Crippen LogP contribution is 2.02. The lowest BCUT2D eigenvalue weighted by molar-refractivity contribution is -0.152. The summed E-state index contributed by atoms with van der Waals surface area (Å²) >= 11 is 0. The van der Waals surface area contributed by atoms with Crippen LogP contribution in [0.2, 0.25) is 0 Å². The van der Waals surface area contributed by atoms with E-state index in [2.05, 4.69) is 9.73 Å². The summed E-state index contributed by atoms with van der Waals surface area (Å²) in [4.78, 5) is 34.8. The molecule has 0 saturated carbocycles. The molecular weight excluding hydrogens is 202 g/mol. The Morgan fingerprint density at radius 3 is 2.60 bits per heavy atom. The van der Waals surface area contributed by atoms with Crippen molar-refractivity contribution in [3.8, 4) is 0 Å². The largest absolute Gasteiger partial charge is 0.466 e. The Labute approximate surface area is 87.3 Å². The molecule has 0 aliphatic carbocycles. The van der Waals surface area contributed by atoms with E-state index in [1.54, 1.807) is 6.92 Å². The normalized spacial score (nSPS) is 11.1. The van der Waals surface area contributed by atoms with Gasteiger partial charge in [-0.15, -0.1) is 0 Å². The number of carbonyl (C=O) groups is 2. The molecule has 15 heavy (non-hydrogen) atoms. The summed E-state index contributed by atoms with van der Waals surface area (Å²) < 4.78 is 9.42. The first kappa shape index (κ1) is 13.3. The highest BCUT2D eigenvalue weighted by atomic mass is 16.6. The van der Waals surface area contributed by atoms with E-state index in [0.29, 0.717) is 0 Å². The number of esters is 2. The molecule has 0 aliphatic rings. The zero-order valence-electron chi connectivity index (χ0n) is 8.69. The van der Waals surface area contributed by atoms with Crippen molar-refractivity contribution in [3.63, 3.8) is 0 Å². The number of rotatable bonds is 6. The number of carbonyl (C=O) groups excluding carboxylic acids is 3. The van der Waals surface area contributed by atoms with Gasteiger partial charge in [-0.2, -0.15) is 0 Å². The Balaban J connectivity index is 4.16. The van der Waals surface area contributed by atoms with Crippen LogP contribution in [0, 0.1) is 0 Å². The van der Waals surface area contributed by atoms with Gasteiger partial charge in [0.2, 0.25) is 6.08 Å². The molecule has 6 heteroatoms. The highest BCUT2D eigenvalue weighted by Gasteiger charge is 2.17. The van der Waals surface area contributed by atoms with Crippen LogP contribution in [0.4, 0.5) is 0 Å². The molecule has 0 bridgehead atoms. The van der Waals surface area contributed by atoms with E-state index in [1.807, 2.05) is 0 Å². The van der Waals surface area contributed by atoms with Crippen LogP contribution in [0.1, 0.15) is 20.3 Å². The van der Waals surface area contributed by atoms with Gasteiger partial charge in [-0.25, -0.2) is 9.79 Å². The van der Waals surface area contributed by atoms with Crippen molar-refractivity contribution in [3.05, 3.63) is 0 Å². The van der Waals surface area contributed by atoms with Crippen LogP contribution in [0.15, 0.2) is 4.99 Å². The summed E-state index contributed by atoms with van der Waals surface area (Å²) in [5.41, 5.74) is 0. The molecular formula is C9H13NO5. The van der Waals surface area contributed by atoms with Crippen LogP contribution in [-0.2, 0) is 23.9 Å². The molecule has 0 radical (unpaired) electrons. The van der Waals surface area contributed by atoms with E-state index < -0.39 is 18.0 Å². The molecule has 0 saturated heterocycles. The summed E-state index contributed by atoms with van der Waals surface area (Å²) in [6.07, 6.45) is 0.435. The molecule has 0 aromatic rings. The van der Waals surface area contributed by atoms with Crippen LogP contribution in [0.3, 0.4) is 0 Å². The fourth-order valence-corrected chi connectivity index (χ4v) is 0.923. The molecule has 0 amide bonds. The third-order valence-corrected chi connectivity index (χ3v) is 1.39. The third kappa shape index (κ3) is 7.40. The number of hydrogen-bond acceptors (Lipinski definition) is 6. The van der Waals surface area contributed by atoms with E-state index in [-0.39, 0.29) is 19.6 Å². The van der Waals surface area contributed by atoms with Gasteiger partial charge in [-0.3, -0.25) is 9.59 Å². The summed E-state index contributed by atoms with van der Waals surface area (Å²) in [5.74, 6) is -1.03. The molecule has 0 unspecified atom stereocenters. The topological polar surface area (TPSA) is 82.0 Å². The molecule has 0 N–H and O–H groups in total. The Morgan fingerprint density at radius 2 is 2.13 bits per heavy atom. The molecule has 0 fully saturated rings. The summed E-state index contributed by atoms with van der Waals surface area (Å²) in [7, 11) is 0. The average molecular weight is 215 g/mol. The van der Waals surface area contributed by atoms with Crippen LogP contribution < -0.4 is 0 Å². The minimum absolute atomic E-state index is 0.0815. The number of hydrogen-bond donors (Lipinski definition) is 0. The van der Waals surface area contributed by atoms with Crippen molar-refractivity contribution in [2.24, 2.45) is 4.99 Å². The molecule has 0 aromatic carbocycles. The zero-order valence-corrected chi connectivity index (χ0v) is 8.69. The average Bonchev–Trinajstić information content (AvgIpc) is 2.13. The molecule has 84 valence electrons. The fraction of sp³-hybridized carbons (Fsp3) is 0.667. The van der Waals surface area contributed by atoms with Gasteiger partial charge in [0.05, 0.1) is 19.6 Å². The van der Waals surface area contributed by atoms with Gasteiger partial charge < -0.3 is 9.47 Å². The van der Waals surface area contributed by atoms with Crippen molar-refractivity contribution in [1.29, 1.82) is 0 Å². The van der Waals surface area contributed by atoms with Gasteiger partial charge in [0.1, 0.15) is 6.10 Å². The van der Waals surface area contributed by atoms with Crippen molar-refractivity contribution in [1.82, 2.24) is 0 Å². The minimum Gasteiger partial charge on any atom is -0.466 e. The van der Waals surface area contributed by atoms with Crippen LogP contribution >= 0.6 is 0 Å². The van der Waals surface area contributed by atoms with Crippen molar-refractivity contribution >= 4 is 18.0 Å². The smallest absolute Gasteiger partial charge is 0.309 e. The summed E-state index contributed by atoms with van der Waals surface area (Å²) in [6.45, 7) is 3.05. The van der Waals surface area contributed by atoms with E-state index in [9.17, 15) is 14.4 Å². The second-order valence-electron chi connectivity index (χ2n) is 2.67. The molecule has 6 nitrogen and oxygen atoms in total. The predicted molar refractivity (Wildman–Crippen MR) is 49.8 cm³/mol. The quantitative estimate of drug-likeness (QED) is 0.359. The van der Waals surface area contributed by atoms with Gasteiger partial charge in [-0.05, 0) is 6.92 Å². The molecule has 0 aromatic heterocycles. The van der Waals surface area contributed by atoms with Gasteiger partial charge in [0.25, 0.3) is 0 Å². The maximum Gasteiger partial charge on any atom is 0.309 e. The number of isocyanates is 1. The van der Waals surface area contributed by atoms with E-state index in [4.69, 9.17) is 4.74 Å². The standard InChI is InChI=1S/C9H13NO5/c1-3-14-9(13)4-8(5-10-6-11)15-7(2)12/h8H,3-5H2,1-2H3/t8-/m1/s1. The monoisotopic (exact) mass is 215 g/mol.